The van der Waals surface area contributed by atoms with Crippen LogP contribution in [-0.2, 0) is 4.74 Å². The van der Waals surface area contributed by atoms with Gasteiger partial charge in [0.25, 0.3) is 0 Å². The van der Waals surface area contributed by atoms with E-state index < -0.39 is 0 Å². The monoisotopic (exact) mass is 225 g/mol. The van der Waals surface area contributed by atoms with E-state index >= 15 is 0 Å². The van der Waals surface area contributed by atoms with Gasteiger partial charge in [0.05, 0.1) is 6.10 Å². The molecule has 0 aromatic heterocycles. The lowest BCUT2D eigenvalue weighted by Crippen LogP contribution is -2.31. The fourth-order valence-corrected chi connectivity index (χ4v) is 3.10. The van der Waals surface area contributed by atoms with E-state index in [4.69, 9.17) is 4.74 Å². The van der Waals surface area contributed by atoms with Gasteiger partial charge in [-0.15, -0.1) is 0 Å². The maximum absolute atomic E-state index is 6.03. The van der Waals surface area contributed by atoms with E-state index in [1.54, 1.807) is 0 Å². The van der Waals surface area contributed by atoms with Crippen molar-refractivity contribution in [2.45, 2.75) is 58.0 Å². The highest BCUT2D eigenvalue weighted by atomic mass is 16.5. The standard InChI is InChI=1S/C14H27NO/c1-12-4-2-6-14(10-12)16-9-7-13-5-3-8-15-11-13/h12-15H,2-11H2,1H3. The molecule has 0 aromatic rings. The van der Waals surface area contributed by atoms with Crippen molar-refractivity contribution in [3.63, 3.8) is 0 Å². The predicted molar refractivity (Wildman–Crippen MR) is 67.6 cm³/mol. The summed E-state index contributed by atoms with van der Waals surface area (Å²) in [4.78, 5) is 0. The van der Waals surface area contributed by atoms with E-state index in [2.05, 4.69) is 12.2 Å². The van der Waals surface area contributed by atoms with E-state index in [-0.39, 0.29) is 0 Å². The third-order valence-corrected chi connectivity index (χ3v) is 4.17. The van der Waals surface area contributed by atoms with Crippen LogP contribution in [0.25, 0.3) is 0 Å². The van der Waals surface area contributed by atoms with Crippen LogP contribution in [0.5, 0.6) is 0 Å². The molecule has 1 aliphatic carbocycles. The van der Waals surface area contributed by atoms with Gasteiger partial charge in [-0.25, -0.2) is 0 Å². The van der Waals surface area contributed by atoms with E-state index in [1.807, 2.05) is 0 Å². The lowest BCUT2D eigenvalue weighted by Gasteiger charge is -2.28. The first-order valence-electron chi connectivity index (χ1n) is 7.17. The molecule has 0 radical (unpaired) electrons. The minimum absolute atomic E-state index is 0.570. The SMILES string of the molecule is CC1CCCC(OCCC2CCCNC2)C1. The Hall–Kier alpha value is -0.0800. The first kappa shape index (κ1) is 12.4. The predicted octanol–water partition coefficient (Wildman–Crippen LogP) is 2.97. The molecule has 0 spiro atoms. The van der Waals surface area contributed by atoms with Crippen LogP contribution in [0.15, 0.2) is 0 Å². The molecule has 2 rings (SSSR count). The summed E-state index contributed by atoms with van der Waals surface area (Å²) in [6.07, 6.45) is 9.96. The summed E-state index contributed by atoms with van der Waals surface area (Å²) in [6.45, 7) is 5.78. The first-order chi connectivity index (χ1) is 7.84. The highest BCUT2D eigenvalue weighted by Crippen LogP contribution is 2.26. The number of nitrogens with one attached hydrogen (secondary N) is 1. The molecule has 2 fully saturated rings. The zero-order chi connectivity index (χ0) is 11.2. The largest absolute Gasteiger partial charge is 0.378 e. The molecular formula is C14H27NO. The Labute approximate surface area is 100 Å². The fourth-order valence-electron chi connectivity index (χ4n) is 3.10. The molecule has 0 aromatic carbocycles. The second-order valence-electron chi connectivity index (χ2n) is 5.77. The average molecular weight is 225 g/mol. The molecule has 2 nitrogen and oxygen atoms in total. The van der Waals surface area contributed by atoms with Crippen LogP contribution in [0.2, 0.25) is 0 Å². The quantitative estimate of drug-likeness (QED) is 0.794. The van der Waals surface area contributed by atoms with E-state index in [0.29, 0.717) is 6.10 Å². The normalized spacial score (nSPS) is 36.2. The molecule has 1 saturated heterocycles. The van der Waals surface area contributed by atoms with Crippen molar-refractivity contribution in [2.24, 2.45) is 11.8 Å². The maximum Gasteiger partial charge on any atom is 0.0577 e. The van der Waals surface area contributed by atoms with Crippen molar-refractivity contribution < 1.29 is 4.74 Å². The minimum Gasteiger partial charge on any atom is -0.378 e. The van der Waals surface area contributed by atoms with E-state index in [9.17, 15) is 0 Å². The Morgan fingerprint density at radius 3 is 2.88 bits per heavy atom. The second-order valence-corrected chi connectivity index (χ2v) is 5.77. The van der Waals surface area contributed by atoms with Crippen LogP contribution in [0.1, 0.15) is 51.9 Å². The van der Waals surface area contributed by atoms with Crippen LogP contribution in [0, 0.1) is 11.8 Å². The molecule has 3 atom stereocenters. The van der Waals surface area contributed by atoms with Gasteiger partial charge in [0, 0.05) is 6.61 Å². The topological polar surface area (TPSA) is 21.3 Å². The molecule has 0 bridgehead atoms. The highest BCUT2D eigenvalue weighted by molar-refractivity contribution is 4.72. The van der Waals surface area contributed by atoms with Crippen LogP contribution >= 0.6 is 0 Å². The summed E-state index contributed by atoms with van der Waals surface area (Å²) < 4.78 is 6.03. The maximum atomic E-state index is 6.03. The molecule has 1 N–H and O–H groups in total. The molecular weight excluding hydrogens is 198 g/mol. The zero-order valence-corrected chi connectivity index (χ0v) is 10.7. The zero-order valence-electron chi connectivity index (χ0n) is 10.7. The third kappa shape index (κ3) is 4.06. The van der Waals surface area contributed by atoms with E-state index in [1.165, 1.54) is 58.0 Å². The van der Waals surface area contributed by atoms with Crippen molar-refractivity contribution in [3.8, 4) is 0 Å². The number of hydrogen-bond acceptors (Lipinski definition) is 2. The Balaban J connectivity index is 1.56. The summed E-state index contributed by atoms with van der Waals surface area (Å²) in [7, 11) is 0. The second kappa shape index (κ2) is 6.61. The van der Waals surface area contributed by atoms with Crippen LogP contribution < -0.4 is 5.32 Å². The van der Waals surface area contributed by atoms with Gasteiger partial charge in [0.2, 0.25) is 0 Å². The van der Waals surface area contributed by atoms with Gasteiger partial charge in [-0.3, -0.25) is 0 Å². The summed E-state index contributed by atoms with van der Waals surface area (Å²) in [5.74, 6) is 1.75. The van der Waals surface area contributed by atoms with Gasteiger partial charge in [-0.05, 0) is 57.0 Å². The highest BCUT2D eigenvalue weighted by Gasteiger charge is 2.20. The Kier molecular flexibility index (Phi) is 5.11. The van der Waals surface area contributed by atoms with Gasteiger partial charge in [-0.2, -0.15) is 0 Å². The molecule has 1 saturated carbocycles. The number of rotatable bonds is 4. The van der Waals surface area contributed by atoms with Crippen LogP contribution in [0.3, 0.4) is 0 Å². The Bertz CT molecular complexity index is 189. The molecule has 1 heterocycles. The van der Waals surface area contributed by atoms with Crippen LogP contribution in [-0.4, -0.2) is 25.8 Å². The molecule has 0 amide bonds. The fraction of sp³-hybridized carbons (Fsp3) is 1.00. The average Bonchev–Trinajstić information content (AvgIpc) is 2.30. The van der Waals surface area contributed by atoms with E-state index in [0.717, 1.165) is 18.4 Å². The molecule has 3 unspecified atom stereocenters. The summed E-state index contributed by atoms with van der Waals surface area (Å²) >= 11 is 0. The molecule has 2 aliphatic rings. The van der Waals surface area contributed by atoms with Crippen molar-refractivity contribution in [3.05, 3.63) is 0 Å². The van der Waals surface area contributed by atoms with Gasteiger partial charge in [0.1, 0.15) is 0 Å². The van der Waals surface area contributed by atoms with Gasteiger partial charge in [0.15, 0.2) is 0 Å². The van der Waals surface area contributed by atoms with Gasteiger partial charge < -0.3 is 10.1 Å². The van der Waals surface area contributed by atoms with Gasteiger partial charge in [-0.1, -0.05) is 19.8 Å². The molecule has 94 valence electrons. The summed E-state index contributed by atoms with van der Waals surface area (Å²) in [6, 6.07) is 0. The smallest absolute Gasteiger partial charge is 0.0577 e. The van der Waals surface area contributed by atoms with Crippen molar-refractivity contribution in [1.29, 1.82) is 0 Å². The molecule has 1 aliphatic heterocycles. The van der Waals surface area contributed by atoms with Crippen LogP contribution in [0.4, 0.5) is 0 Å². The van der Waals surface area contributed by atoms with Crippen molar-refractivity contribution in [1.82, 2.24) is 5.32 Å². The Morgan fingerprint density at radius 1 is 1.19 bits per heavy atom. The summed E-state index contributed by atoms with van der Waals surface area (Å²) in [5, 5.41) is 3.47. The third-order valence-electron chi connectivity index (χ3n) is 4.17. The Morgan fingerprint density at radius 2 is 2.12 bits per heavy atom. The lowest BCUT2D eigenvalue weighted by atomic mass is 9.88. The first-order valence-corrected chi connectivity index (χ1v) is 7.17. The molecule has 16 heavy (non-hydrogen) atoms. The lowest BCUT2D eigenvalue weighted by molar-refractivity contribution is 0.00813. The minimum atomic E-state index is 0.570. The number of ether oxygens (including phenoxy) is 1. The molecule has 2 heteroatoms. The number of piperidine rings is 1. The van der Waals surface area contributed by atoms with Gasteiger partial charge >= 0.3 is 0 Å². The summed E-state index contributed by atoms with van der Waals surface area (Å²) in [5.41, 5.74) is 0. The van der Waals surface area contributed by atoms with Crippen molar-refractivity contribution in [2.75, 3.05) is 19.7 Å². The number of hydrogen-bond donors (Lipinski definition) is 1. The van der Waals surface area contributed by atoms with Crippen molar-refractivity contribution >= 4 is 0 Å².